The molecule has 0 unspecified atom stereocenters. The van der Waals surface area contributed by atoms with E-state index in [4.69, 9.17) is 4.98 Å². The van der Waals surface area contributed by atoms with E-state index in [1.165, 1.54) is 50.6 Å². The van der Waals surface area contributed by atoms with Crippen molar-refractivity contribution in [2.24, 2.45) is 16.3 Å². The van der Waals surface area contributed by atoms with Gasteiger partial charge in [0.25, 0.3) is 0 Å². The van der Waals surface area contributed by atoms with E-state index >= 15 is 0 Å². The predicted octanol–water partition coefficient (Wildman–Crippen LogP) is 3.27. The first-order chi connectivity index (χ1) is 12.7. The second-order valence-electron chi connectivity index (χ2n) is 8.62. The summed E-state index contributed by atoms with van der Waals surface area (Å²) >= 11 is 0. The van der Waals surface area contributed by atoms with Crippen molar-refractivity contribution in [3.8, 4) is 0 Å². The molecule has 3 fully saturated rings. The van der Waals surface area contributed by atoms with E-state index in [1.807, 2.05) is 13.2 Å². The van der Waals surface area contributed by atoms with Crippen molar-refractivity contribution in [3.05, 3.63) is 23.9 Å². The topological polar surface area (TPSA) is 43.8 Å². The Balaban J connectivity index is 1.30. The SMILES string of the molecule is CN=C(NCc1ccc(N2CCC(C)CC2)nc1)N1CCC2(CCC2)C1. The molecule has 0 aromatic carbocycles. The molecule has 0 radical (unpaired) electrons. The lowest BCUT2D eigenvalue weighted by Crippen LogP contribution is -2.42. The number of anilines is 1. The lowest BCUT2D eigenvalue weighted by Gasteiger charge is -2.38. The van der Waals surface area contributed by atoms with Gasteiger partial charge in [0.2, 0.25) is 0 Å². The molecule has 1 aromatic heterocycles. The van der Waals surface area contributed by atoms with Crippen LogP contribution in [0.15, 0.2) is 23.3 Å². The lowest BCUT2D eigenvalue weighted by atomic mass is 9.68. The van der Waals surface area contributed by atoms with Gasteiger partial charge in [-0.05, 0) is 55.1 Å². The zero-order valence-electron chi connectivity index (χ0n) is 16.4. The maximum absolute atomic E-state index is 4.71. The molecule has 5 nitrogen and oxygen atoms in total. The maximum atomic E-state index is 4.71. The summed E-state index contributed by atoms with van der Waals surface area (Å²) in [7, 11) is 1.90. The van der Waals surface area contributed by atoms with E-state index in [1.54, 1.807) is 0 Å². The Hall–Kier alpha value is -1.78. The minimum Gasteiger partial charge on any atom is -0.357 e. The summed E-state index contributed by atoms with van der Waals surface area (Å²) < 4.78 is 0. The molecule has 1 aromatic rings. The third-order valence-corrected chi connectivity index (χ3v) is 6.73. The lowest BCUT2D eigenvalue weighted by molar-refractivity contribution is 0.151. The highest BCUT2D eigenvalue weighted by molar-refractivity contribution is 5.80. The first-order valence-electron chi connectivity index (χ1n) is 10.3. The second kappa shape index (κ2) is 7.45. The number of aromatic nitrogens is 1. The Morgan fingerprint density at radius 2 is 2.04 bits per heavy atom. The Morgan fingerprint density at radius 1 is 1.23 bits per heavy atom. The molecule has 3 heterocycles. The Kier molecular flexibility index (Phi) is 5.05. The number of aliphatic imine (C=N–C) groups is 1. The third kappa shape index (κ3) is 3.67. The van der Waals surface area contributed by atoms with Gasteiger partial charge in [-0.3, -0.25) is 4.99 Å². The molecular formula is C21H33N5. The smallest absolute Gasteiger partial charge is 0.193 e. The molecule has 1 saturated carbocycles. The van der Waals surface area contributed by atoms with Crippen molar-refractivity contribution in [2.75, 3.05) is 38.1 Å². The van der Waals surface area contributed by atoms with E-state index < -0.39 is 0 Å². The van der Waals surface area contributed by atoms with Crippen molar-refractivity contribution in [3.63, 3.8) is 0 Å². The monoisotopic (exact) mass is 355 g/mol. The number of rotatable bonds is 3. The summed E-state index contributed by atoms with van der Waals surface area (Å²) in [4.78, 5) is 14.1. The van der Waals surface area contributed by atoms with Crippen LogP contribution < -0.4 is 10.2 Å². The van der Waals surface area contributed by atoms with Crippen molar-refractivity contribution in [1.29, 1.82) is 0 Å². The van der Waals surface area contributed by atoms with Gasteiger partial charge >= 0.3 is 0 Å². The van der Waals surface area contributed by atoms with E-state index in [0.29, 0.717) is 5.41 Å². The summed E-state index contributed by atoms with van der Waals surface area (Å²) in [6.07, 6.45) is 10.1. The van der Waals surface area contributed by atoms with Crippen LogP contribution >= 0.6 is 0 Å². The summed E-state index contributed by atoms with van der Waals surface area (Å²) in [5, 5.41) is 3.54. The fourth-order valence-electron chi connectivity index (χ4n) is 4.66. The molecule has 2 aliphatic heterocycles. The number of nitrogens with zero attached hydrogens (tertiary/aromatic N) is 4. The number of hydrogen-bond acceptors (Lipinski definition) is 3. The molecule has 2 saturated heterocycles. The summed E-state index contributed by atoms with van der Waals surface area (Å²) in [5.74, 6) is 3.02. The number of nitrogens with one attached hydrogen (secondary N) is 1. The zero-order valence-corrected chi connectivity index (χ0v) is 16.4. The number of guanidine groups is 1. The molecule has 26 heavy (non-hydrogen) atoms. The molecule has 5 heteroatoms. The normalized spacial score (nSPS) is 23.4. The molecule has 1 N–H and O–H groups in total. The third-order valence-electron chi connectivity index (χ3n) is 6.73. The summed E-state index contributed by atoms with van der Waals surface area (Å²) in [6.45, 7) is 7.73. The predicted molar refractivity (Wildman–Crippen MR) is 108 cm³/mol. The Labute approximate surface area is 157 Å². The standard InChI is InChI=1S/C21H33N5/c1-17-6-11-25(12-7-17)19-5-4-18(14-23-19)15-24-20(22-2)26-13-10-21(16-26)8-3-9-21/h4-5,14,17H,3,6-13,15-16H2,1-2H3,(H,22,24). The summed E-state index contributed by atoms with van der Waals surface area (Å²) in [5.41, 5.74) is 1.82. The second-order valence-corrected chi connectivity index (χ2v) is 8.62. The quantitative estimate of drug-likeness (QED) is 0.668. The van der Waals surface area contributed by atoms with Gasteiger partial charge in [-0.2, -0.15) is 0 Å². The average Bonchev–Trinajstić information content (AvgIpc) is 3.10. The first kappa shape index (κ1) is 17.6. The number of piperidine rings is 1. The number of pyridine rings is 1. The van der Waals surface area contributed by atoms with Gasteiger partial charge in [-0.1, -0.05) is 19.4 Å². The molecule has 3 aliphatic rings. The highest BCUT2D eigenvalue weighted by Gasteiger charge is 2.43. The molecule has 142 valence electrons. The molecule has 1 aliphatic carbocycles. The van der Waals surface area contributed by atoms with Gasteiger partial charge in [-0.25, -0.2) is 4.98 Å². The van der Waals surface area contributed by atoms with Crippen LogP contribution in [0.5, 0.6) is 0 Å². The van der Waals surface area contributed by atoms with Gasteiger partial charge in [0.05, 0.1) is 0 Å². The maximum Gasteiger partial charge on any atom is 0.193 e. The molecule has 0 bridgehead atoms. The van der Waals surface area contributed by atoms with Crippen LogP contribution in [-0.2, 0) is 6.54 Å². The van der Waals surface area contributed by atoms with Crippen LogP contribution in [0, 0.1) is 11.3 Å². The van der Waals surface area contributed by atoms with Crippen LogP contribution in [-0.4, -0.2) is 49.1 Å². The molecule has 1 spiro atoms. The Morgan fingerprint density at radius 3 is 2.62 bits per heavy atom. The molecule has 0 atom stereocenters. The minimum atomic E-state index is 0.604. The van der Waals surface area contributed by atoms with Crippen molar-refractivity contribution in [1.82, 2.24) is 15.2 Å². The zero-order chi connectivity index (χ0) is 18.0. The molecular weight excluding hydrogens is 322 g/mol. The largest absolute Gasteiger partial charge is 0.357 e. The van der Waals surface area contributed by atoms with E-state index in [-0.39, 0.29) is 0 Å². The number of likely N-dealkylation sites (tertiary alicyclic amines) is 1. The van der Waals surface area contributed by atoms with E-state index in [2.05, 4.69) is 39.2 Å². The first-order valence-corrected chi connectivity index (χ1v) is 10.3. The molecule has 0 amide bonds. The van der Waals surface area contributed by atoms with Crippen LogP contribution in [0.25, 0.3) is 0 Å². The number of hydrogen-bond donors (Lipinski definition) is 1. The van der Waals surface area contributed by atoms with Gasteiger partial charge in [-0.15, -0.1) is 0 Å². The van der Waals surface area contributed by atoms with Gasteiger partial charge in [0, 0.05) is 46.0 Å². The molecule has 4 rings (SSSR count). The van der Waals surface area contributed by atoms with Crippen molar-refractivity contribution in [2.45, 2.75) is 52.0 Å². The van der Waals surface area contributed by atoms with Crippen LogP contribution in [0.2, 0.25) is 0 Å². The van der Waals surface area contributed by atoms with Crippen LogP contribution in [0.4, 0.5) is 5.82 Å². The highest BCUT2D eigenvalue weighted by atomic mass is 15.3. The highest BCUT2D eigenvalue weighted by Crippen LogP contribution is 2.47. The minimum absolute atomic E-state index is 0.604. The summed E-state index contributed by atoms with van der Waals surface area (Å²) in [6, 6.07) is 4.38. The van der Waals surface area contributed by atoms with Gasteiger partial charge in [0.1, 0.15) is 5.82 Å². The van der Waals surface area contributed by atoms with Crippen LogP contribution in [0.3, 0.4) is 0 Å². The average molecular weight is 356 g/mol. The van der Waals surface area contributed by atoms with E-state index in [9.17, 15) is 0 Å². The van der Waals surface area contributed by atoms with Crippen molar-refractivity contribution < 1.29 is 0 Å². The fourth-order valence-corrected chi connectivity index (χ4v) is 4.66. The fraction of sp³-hybridized carbons (Fsp3) is 0.714. The van der Waals surface area contributed by atoms with Gasteiger partial charge < -0.3 is 15.1 Å². The van der Waals surface area contributed by atoms with E-state index in [0.717, 1.165) is 43.9 Å². The van der Waals surface area contributed by atoms with Crippen LogP contribution in [0.1, 0.15) is 51.0 Å². The Bertz CT molecular complexity index is 626. The van der Waals surface area contributed by atoms with Gasteiger partial charge in [0.15, 0.2) is 5.96 Å². The van der Waals surface area contributed by atoms with Crippen molar-refractivity contribution >= 4 is 11.8 Å².